The van der Waals surface area contributed by atoms with E-state index in [1.165, 1.54) is 128 Å². The van der Waals surface area contributed by atoms with Gasteiger partial charge in [0.25, 0.3) is 0 Å². The first-order valence-electron chi connectivity index (χ1n) is 29.7. The van der Waals surface area contributed by atoms with Gasteiger partial charge in [-0.05, 0) is 104 Å². The van der Waals surface area contributed by atoms with E-state index < -0.39 is 0 Å². The Morgan fingerprint density at radius 1 is 0.406 bits per heavy atom. The van der Waals surface area contributed by atoms with Gasteiger partial charge in [-0.15, -0.1) is 0 Å². The zero-order valence-corrected chi connectivity index (χ0v) is 46.6. The maximum atomic E-state index is 13.6. The van der Waals surface area contributed by atoms with E-state index in [4.69, 9.17) is 14.2 Å². The molecule has 0 aromatic carbocycles. The predicted molar refractivity (Wildman–Crippen MR) is 292 cm³/mol. The minimum atomic E-state index is -0.299. The van der Waals surface area contributed by atoms with Crippen LogP contribution in [0, 0.1) is 5.92 Å². The maximum Gasteiger partial charge on any atom is 0.306 e. The number of hydrogen-bond donors (Lipinski definition) is 0. The summed E-state index contributed by atoms with van der Waals surface area (Å²) in [4.78, 5) is 56.5. The second-order valence-electron chi connectivity index (χ2n) is 20.9. The van der Waals surface area contributed by atoms with Crippen molar-refractivity contribution < 1.29 is 33.4 Å². The summed E-state index contributed by atoms with van der Waals surface area (Å²) in [6.45, 7) is 11.1. The lowest BCUT2D eigenvalue weighted by Crippen LogP contribution is -2.40. The molecule has 9 heteroatoms. The molecule has 0 aliphatic rings. The summed E-state index contributed by atoms with van der Waals surface area (Å²) in [5, 5.41) is 0. The van der Waals surface area contributed by atoms with E-state index in [2.05, 4.69) is 44.7 Å². The van der Waals surface area contributed by atoms with E-state index in [-0.39, 0.29) is 49.1 Å². The number of nitrogens with zero attached hydrogens (tertiary/aromatic N) is 2. The normalized spacial score (nSPS) is 12.1. The van der Waals surface area contributed by atoms with Crippen LogP contribution in [0.2, 0.25) is 0 Å². The monoisotopic (exact) mass is 975 g/mol. The Balaban J connectivity index is 5.02. The molecule has 1 amide bonds. The van der Waals surface area contributed by atoms with Crippen LogP contribution in [0.4, 0.5) is 0 Å². The van der Waals surface area contributed by atoms with Crippen LogP contribution >= 0.6 is 0 Å². The molecule has 0 heterocycles. The van der Waals surface area contributed by atoms with Crippen LogP contribution in [0.1, 0.15) is 291 Å². The predicted octanol–water partition coefficient (Wildman–Crippen LogP) is 16.6. The van der Waals surface area contributed by atoms with Crippen molar-refractivity contribution in [1.82, 2.24) is 9.80 Å². The van der Waals surface area contributed by atoms with Crippen LogP contribution in [-0.2, 0) is 33.4 Å². The summed E-state index contributed by atoms with van der Waals surface area (Å²) in [6.07, 6.45) is 48.3. The topological polar surface area (TPSA) is 102 Å². The molecule has 0 fully saturated rings. The van der Waals surface area contributed by atoms with E-state index in [0.29, 0.717) is 45.2 Å². The van der Waals surface area contributed by atoms with E-state index in [0.717, 1.165) is 109 Å². The van der Waals surface area contributed by atoms with Crippen LogP contribution < -0.4 is 0 Å². The van der Waals surface area contributed by atoms with Crippen LogP contribution in [0.5, 0.6) is 0 Å². The fourth-order valence-corrected chi connectivity index (χ4v) is 9.01. The molecule has 0 saturated heterocycles. The maximum absolute atomic E-state index is 13.6. The summed E-state index contributed by atoms with van der Waals surface area (Å²) in [6, 6.07) is 0. The first-order chi connectivity index (χ1) is 33.7. The van der Waals surface area contributed by atoms with Gasteiger partial charge in [0.05, 0.1) is 13.2 Å². The lowest BCUT2D eigenvalue weighted by atomic mass is 10.0. The van der Waals surface area contributed by atoms with Gasteiger partial charge >= 0.3 is 17.9 Å². The molecule has 0 rings (SSSR count). The van der Waals surface area contributed by atoms with Gasteiger partial charge in [-0.2, -0.15) is 0 Å². The van der Waals surface area contributed by atoms with Crippen LogP contribution in [0.25, 0.3) is 0 Å². The standard InChI is InChI=1S/C60H114N2O7/c1-7-11-15-19-22-23-24-25-26-27-28-29-30-34-40-47-58(64)67-53-55(52-62(51-43-50-61(5)6)57(63)46-39-31-18-14-10-4)54-68-59(65)48-41-35-36-42-49-60(66)69-56(44-37-32-20-16-12-8-2)45-38-33-21-17-13-9-3/h25-26,55-56H,7-24,27-54H2,1-6H3/b26-25-. The van der Waals surface area contributed by atoms with Crippen molar-refractivity contribution in [2.24, 2.45) is 5.92 Å². The van der Waals surface area contributed by atoms with Gasteiger partial charge in [-0.25, -0.2) is 0 Å². The highest BCUT2D eigenvalue weighted by molar-refractivity contribution is 5.76. The molecule has 406 valence electrons. The van der Waals surface area contributed by atoms with Crippen LogP contribution in [-0.4, -0.2) is 86.7 Å². The number of unbranched alkanes of at least 4 members (excludes halogenated alkanes) is 28. The molecule has 9 nitrogen and oxygen atoms in total. The van der Waals surface area contributed by atoms with Crippen molar-refractivity contribution in [3.63, 3.8) is 0 Å². The number of ether oxygens (including phenoxy) is 3. The summed E-state index contributed by atoms with van der Waals surface area (Å²) in [7, 11) is 4.08. The molecule has 0 aliphatic heterocycles. The van der Waals surface area contributed by atoms with E-state index in [9.17, 15) is 19.2 Å². The fourth-order valence-electron chi connectivity index (χ4n) is 9.01. The van der Waals surface area contributed by atoms with E-state index >= 15 is 0 Å². The second kappa shape index (κ2) is 51.9. The molecule has 0 spiro atoms. The molecule has 1 atom stereocenters. The lowest BCUT2D eigenvalue weighted by Gasteiger charge is -2.28. The molecule has 0 saturated carbocycles. The first kappa shape index (κ1) is 66.6. The summed E-state index contributed by atoms with van der Waals surface area (Å²) < 4.78 is 17.7. The largest absolute Gasteiger partial charge is 0.465 e. The van der Waals surface area contributed by atoms with Crippen molar-refractivity contribution in [2.45, 2.75) is 297 Å². The average molecular weight is 976 g/mol. The Kier molecular flexibility index (Phi) is 50.1. The zero-order valence-electron chi connectivity index (χ0n) is 46.6. The van der Waals surface area contributed by atoms with Gasteiger partial charge in [-0.1, -0.05) is 194 Å². The highest BCUT2D eigenvalue weighted by Gasteiger charge is 2.22. The summed E-state index contributed by atoms with van der Waals surface area (Å²) in [5.74, 6) is -0.752. The Labute approximate surface area is 427 Å². The number of carbonyl (C=O) groups is 4. The Bertz CT molecular complexity index is 1180. The number of carbonyl (C=O) groups excluding carboxylic acids is 4. The van der Waals surface area contributed by atoms with Gasteiger partial charge in [-0.3, -0.25) is 19.2 Å². The number of amides is 1. The molecule has 0 radical (unpaired) electrons. The van der Waals surface area contributed by atoms with Crippen LogP contribution in [0.15, 0.2) is 12.2 Å². The van der Waals surface area contributed by atoms with Gasteiger partial charge in [0.2, 0.25) is 5.91 Å². The third-order valence-corrected chi connectivity index (χ3v) is 13.5. The Hall–Kier alpha value is -2.42. The van der Waals surface area contributed by atoms with Gasteiger partial charge in [0.1, 0.15) is 6.10 Å². The molecular formula is C60H114N2O7. The van der Waals surface area contributed by atoms with Crippen molar-refractivity contribution in [1.29, 1.82) is 0 Å². The molecule has 0 aliphatic carbocycles. The highest BCUT2D eigenvalue weighted by atomic mass is 16.5. The molecule has 0 bridgehead atoms. The Morgan fingerprint density at radius 3 is 1.19 bits per heavy atom. The van der Waals surface area contributed by atoms with Gasteiger partial charge in [0.15, 0.2) is 0 Å². The minimum Gasteiger partial charge on any atom is -0.465 e. The van der Waals surface area contributed by atoms with E-state index in [1.807, 2.05) is 19.0 Å². The van der Waals surface area contributed by atoms with Crippen molar-refractivity contribution in [3.05, 3.63) is 12.2 Å². The quantitative estimate of drug-likeness (QED) is 0.0257. The molecule has 0 N–H and O–H groups in total. The molecule has 69 heavy (non-hydrogen) atoms. The summed E-state index contributed by atoms with van der Waals surface area (Å²) >= 11 is 0. The van der Waals surface area contributed by atoms with Gasteiger partial charge < -0.3 is 24.0 Å². The minimum absolute atomic E-state index is 0.0350. The zero-order chi connectivity index (χ0) is 50.7. The second-order valence-corrected chi connectivity index (χ2v) is 20.9. The molecule has 0 aromatic rings. The smallest absolute Gasteiger partial charge is 0.306 e. The Morgan fingerprint density at radius 2 is 0.768 bits per heavy atom. The average Bonchev–Trinajstić information content (AvgIpc) is 3.33. The molecular weight excluding hydrogens is 861 g/mol. The fraction of sp³-hybridized carbons (Fsp3) is 0.900. The van der Waals surface area contributed by atoms with Crippen molar-refractivity contribution in [3.8, 4) is 0 Å². The molecule has 1 unspecified atom stereocenters. The number of rotatable bonds is 53. The SMILES string of the molecule is CCCCCCCC/C=C\CCCCCCCC(=O)OCC(COC(=O)CCCCCCC(=O)OC(CCCCCCCC)CCCCCCCC)CN(CCCN(C)C)C(=O)CCCCCCC. The first-order valence-corrected chi connectivity index (χ1v) is 29.7. The summed E-state index contributed by atoms with van der Waals surface area (Å²) in [5.41, 5.74) is 0. The van der Waals surface area contributed by atoms with E-state index in [1.54, 1.807) is 0 Å². The van der Waals surface area contributed by atoms with Crippen LogP contribution in [0.3, 0.4) is 0 Å². The van der Waals surface area contributed by atoms with Crippen molar-refractivity contribution in [2.75, 3.05) is 46.9 Å². The van der Waals surface area contributed by atoms with Crippen molar-refractivity contribution >= 4 is 23.8 Å². The molecule has 0 aromatic heterocycles. The number of esters is 3. The third-order valence-electron chi connectivity index (χ3n) is 13.5. The van der Waals surface area contributed by atoms with Gasteiger partial charge in [0, 0.05) is 44.7 Å². The number of allylic oxidation sites excluding steroid dienone is 2. The third kappa shape index (κ3) is 47.7. The highest BCUT2D eigenvalue weighted by Crippen LogP contribution is 2.19. The lowest BCUT2D eigenvalue weighted by molar-refractivity contribution is -0.151. The number of hydrogen-bond acceptors (Lipinski definition) is 8.